The van der Waals surface area contributed by atoms with Crippen molar-refractivity contribution in [2.45, 2.75) is 45.2 Å². The number of nitrogens with zero attached hydrogens (tertiary/aromatic N) is 2. The fourth-order valence-electron chi connectivity index (χ4n) is 3.59. The summed E-state index contributed by atoms with van der Waals surface area (Å²) in [6, 6.07) is 16.9. The maximum atomic E-state index is 13.2. The number of aromatic nitrogens is 1. The molecule has 6 heteroatoms. The molecule has 0 radical (unpaired) electrons. The number of hydrogen-bond donors (Lipinski definition) is 1. The third-order valence-electron chi connectivity index (χ3n) is 5.51. The summed E-state index contributed by atoms with van der Waals surface area (Å²) in [5, 5.41) is 2.83. The third kappa shape index (κ3) is 3.49. The van der Waals surface area contributed by atoms with Crippen LogP contribution in [0, 0.1) is 0 Å². The molecule has 1 aliphatic heterocycles. The number of carbonyl (C=O) groups excluding carboxylic acids is 2. The van der Waals surface area contributed by atoms with E-state index in [0.29, 0.717) is 11.7 Å². The minimum Gasteiger partial charge on any atom is -0.439 e. The van der Waals surface area contributed by atoms with E-state index in [1.165, 1.54) is 0 Å². The van der Waals surface area contributed by atoms with Gasteiger partial charge in [0.1, 0.15) is 12.1 Å². The van der Waals surface area contributed by atoms with Gasteiger partial charge in [-0.2, -0.15) is 0 Å². The fraction of sp³-hybridized carbons (Fsp3) is 0.292. The first-order valence-electron chi connectivity index (χ1n) is 9.94. The molecule has 6 nitrogen and oxygen atoms in total. The molecule has 1 aliphatic rings. The van der Waals surface area contributed by atoms with E-state index in [2.05, 4.69) is 31.1 Å². The van der Waals surface area contributed by atoms with Crippen LogP contribution >= 0.6 is 0 Å². The first-order chi connectivity index (χ1) is 14.2. The lowest BCUT2D eigenvalue weighted by molar-refractivity contribution is -0.131. The molecule has 0 saturated carbocycles. The summed E-state index contributed by atoms with van der Waals surface area (Å²) in [5.41, 5.74) is 1.68. The highest BCUT2D eigenvalue weighted by Crippen LogP contribution is 2.32. The number of urea groups is 1. The second kappa shape index (κ2) is 7.13. The first kappa shape index (κ1) is 19.9. The number of oxazole rings is 1. The number of rotatable bonds is 4. The Kier molecular flexibility index (Phi) is 4.73. The van der Waals surface area contributed by atoms with Gasteiger partial charge in [0.25, 0.3) is 5.91 Å². The summed E-state index contributed by atoms with van der Waals surface area (Å²) in [5.74, 6) is 0.582. The summed E-state index contributed by atoms with van der Waals surface area (Å²) in [7, 11) is 0. The summed E-state index contributed by atoms with van der Waals surface area (Å²) >= 11 is 0. The Balaban J connectivity index is 1.55. The number of amides is 3. The average molecular weight is 403 g/mol. The quantitative estimate of drug-likeness (QED) is 0.646. The molecule has 3 aromatic rings. The van der Waals surface area contributed by atoms with E-state index in [4.69, 9.17) is 4.42 Å². The zero-order valence-corrected chi connectivity index (χ0v) is 17.6. The Bertz CT molecular complexity index is 1080. The Morgan fingerprint density at radius 1 is 1.03 bits per heavy atom. The van der Waals surface area contributed by atoms with Crippen LogP contribution in [0.5, 0.6) is 0 Å². The van der Waals surface area contributed by atoms with Gasteiger partial charge in [-0.05, 0) is 23.5 Å². The molecule has 4 rings (SSSR count). The first-order valence-corrected chi connectivity index (χ1v) is 9.94. The zero-order chi connectivity index (χ0) is 21.5. The highest BCUT2D eigenvalue weighted by Gasteiger charge is 2.49. The van der Waals surface area contributed by atoms with E-state index in [-0.39, 0.29) is 17.9 Å². The Labute approximate surface area is 175 Å². The van der Waals surface area contributed by atoms with Crippen LogP contribution < -0.4 is 5.32 Å². The van der Waals surface area contributed by atoms with Gasteiger partial charge in [-0.25, -0.2) is 9.78 Å². The minimum atomic E-state index is -1.12. The van der Waals surface area contributed by atoms with Crippen LogP contribution in [0.3, 0.4) is 0 Å². The Morgan fingerprint density at radius 3 is 2.33 bits per heavy atom. The van der Waals surface area contributed by atoms with Crippen LogP contribution in [0.15, 0.2) is 65.2 Å². The number of benzene rings is 2. The predicted octanol–water partition coefficient (Wildman–Crippen LogP) is 4.61. The molecule has 0 bridgehead atoms. The van der Waals surface area contributed by atoms with Gasteiger partial charge in [-0.1, -0.05) is 75.4 Å². The molecule has 0 unspecified atom stereocenters. The van der Waals surface area contributed by atoms with E-state index < -0.39 is 11.6 Å². The number of carbonyl (C=O) groups is 2. The lowest BCUT2D eigenvalue weighted by atomic mass is 9.84. The van der Waals surface area contributed by atoms with Crippen molar-refractivity contribution in [3.63, 3.8) is 0 Å². The van der Waals surface area contributed by atoms with Gasteiger partial charge >= 0.3 is 6.03 Å². The molecular formula is C24H25N3O3. The van der Waals surface area contributed by atoms with Crippen molar-refractivity contribution >= 4 is 11.9 Å². The smallest absolute Gasteiger partial charge is 0.325 e. The molecule has 1 atom stereocenters. The molecule has 0 spiro atoms. The SMILES string of the molecule is CC(C)(C)c1ccc([C@@]2(C)NC(=O)N(Cc3ncc(-c4ccccc4)o3)C2=O)cc1. The maximum absolute atomic E-state index is 13.2. The van der Waals surface area contributed by atoms with Crippen LogP contribution in [-0.2, 0) is 22.3 Å². The molecule has 1 aromatic heterocycles. The predicted molar refractivity (Wildman–Crippen MR) is 114 cm³/mol. The van der Waals surface area contributed by atoms with E-state index in [1.54, 1.807) is 13.1 Å². The second-order valence-electron chi connectivity index (χ2n) is 8.76. The van der Waals surface area contributed by atoms with Gasteiger partial charge in [0.05, 0.1) is 6.20 Å². The summed E-state index contributed by atoms with van der Waals surface area (Å²) in [6.45, 7) is 8.10. The Hall–Kier alpha value is -3.41. The molecule has 30 heavy (non-hydrogen) atoms. The lowest BCUT2D eigenvalue weighted by Crippen LogP contribution is -2.40. The third-order valence-corrected chi connectivity index (χ3v) is 5.51. The standard InChI is InChI=1S/C24H25N3O3/c1-23(2,3)17-10-12-18(13-11-17)24(4)21(28)27(22(29)26-24)15-20-25-14-19(30-20)16-8-6-5-7-9-16/h5-14H,15H2,1-4H3,(H,26,29)/t24-/m1/s1. The van der Waals surface area contributed by atoms with Gasteiger partial charge in [-0.15, -0.1) is 0 Å². The van der Waals surface area contributed by atoms with E-state index >= 15 is 0 Å². The molecule has 0 aliphatic carbocycles. The average Bonchev–Trinajstić information content (AvgIpc) is 3.27. The van der Waals surface area contributed by atoms with Gasteiger partial charge in [-0.3, -0.25) is 9.69 Å². The van der Waals surface area contributed by atoms with Gasteiger partial charge in [0.2, 0.25) is 5.89 Å². The summed E-state index contributed by atoms with van der Waals surface area (Å²) in [6.07, 6.45) is 1.60. The second-order valence-corrected chi connectivity index (χ2v) is 8.76. The highest BCUT2D eigenvalue weighted by molar-refractivity contribution is 6.07. The van der Waals surface area contributed by atoms with Crippen LogP contribution in [0.25, 0.3) is 11.3 Å². The van der Waals surface area contributed by atoms with Crippen LogP contribution in [0.2, 0.25) is 0 Å². The van der Waals surface area contributed by atoms with Crippen LogP contribution in [0.1, 0.15) is 44.7 Å². The molecule has 1 N–H and O–H groups in total. The zero-order valence-electron chi connectivity index (χ0n) is 17.6. The highest BCUT2D eigenvalue weighted by atomic mass is 16.4. The molecule has 3 amide bonds. The topological polar surface area (TPSA) is 75.4 Å². The van der Waals surface area contributed by atoms with Crippen molar-refractivity contribution in [2.75, 3.05) is 0 Å². The van der Waals surface area contributed by atoms with Gasteiger partial charge in [0.15, 0.2) is 5.76 Å². The molecule has 1 fully saturated rings. The van der Waals surface area contributed by atoms with Gasteiger partial charge < -0.3 is 9.73 Å². The van der Waals surface area contributed by atoms with Gasteiger partial charge in [0, 0.05) is 5.56 Å². The number of imide groups is 1. The van der Waals surface area contributed by atoms with Crippen molar-refractivity contribution in [1.29, 1.82) is 0 Å². The molecule has 2 heterocycles. The van der Waals surface area contributed by atoms with E-state index in [9.17, 15) is 9.59 Å². The Morgan fingerprint density at radius 2 is 1.70 bits per heavy atom. The maximum Gasteiger partial charge on any atom is 0.325 e. The van der Waals surface area contributed by atoms with Crippen molar-refractivity contribution < 1.29 is 14.0 Å². The molecule has 154 valence electrons. The fourth-order valence-corrected chi connectivity index (χ4v) is 3.59. The van der Waals surface area contributed by atoms with Crippen molar-refractivity contribution in [3.05, 3.63) is 77.8 Å². The monoisotopic (exact) mass is 403 g/mol. The lowest BCUT2D eigenvalue weighted by Gasteiger charge is -2.24. The van der Waals surface area contributed by atoms with E-state index in [0.717, 1.165) is 21.6 Å². The van der Waals surface area contributed by atoms with Crippen LogP contribution in [-0.4, -0.2) is 21.8 Å². The molecular weight excluding hydrogens is 378 g/mol. The van der Waals surface area contributed by atoms with Crippen molar-refractivity contribution in [2.24, 2.45) is 0 Å². The normalized spacial score (nSPS) is 19.3. The summed E-state index contributed by atoms with van der Waals surface area (Å²) < 4.78 is 5.77. The van der Waals surface area contributed by atoms with Crippen molar-refractivity contribution in [1.82, 2.24) is 15.2 Å². The molecule has 1 saturated heterocycles. The summed E-state index contributed by atoms with van der Waals surface area (Å²) in [4.78, 5) is 31.2. The van der Waals surface area contributed by atoms with E-state index in [1.807, 2.05) is 54.6 Å². The molecule has 2 aromatic carbocycles. The number of nitrogens with one attached hydrogen (secondary N) is 1. The minimum absolute atomic E-state index is 0.00974. The van der Waals surface area contributed by atoms with Crippen molar-refractivity contribution in [3.8, 4) is 11.3 Å². The largest absolute Gasteiger partial charge is 0.439 e. The number of hydrogen-bond acceptors (Lipinski definition) is 4. The van der Waals surface area contributed by atoms with Crippen LogP contribution in [0.4, 0.5) is 4.79 Å².